The third kappa shape index (κ3) is 1.87. The zero-order valence-electron chi connectivity index (χ0n) is 9.01. The Morgan fingerprint density at radius 1 is 1.29 bits per heavy atom. The van der Waals surface area contributed by atoms with Gasteiger partial charge in [-0.05, 0) is 25.1 Å². The summed E-state index contributed by atoms with van der Waals surface area (Å²) in [5.41, 5.74) is 1.92. The lowest BCUT2D eigenvalue weighted by atomic mass is 9.92. The molecule has 0 fully saturated rings. The summed E-state index contributed by atoms with van der Waals surface area (Å²) in [5, 5.41) is 1.18. The van der Waals surface area contributed by atoms with Crippen LogP contribution < -0.4 is 4.74 Å². The average molecular weight is 288 g/mol. The Hall–Kier alpha value is -0.630. The number of benzene rings is 1. The van der Waals surface area contributed by atoms with E-state index in [0.29, 0.717) is 10.0 Å². The fraction of sp³-hybridized carbons (Fsp3) is 0.231. The molecule has 2 unspecified atom stereocenters. The molecule has 0 saturated heterocycles. The van der Waals surface area contributed by atoms with Crippen molar-refractivity contribution in [2.45, 2.75) is 17.9 Å². The van der Waals surface area contributed by atoms with Crippen molar-refractivity contribution in [3.05, 3.63) is 46.0 Å². The number of alkyl halides is 1. The van der Waals surface area contributed by atoms with Crippen molar-refractivity contribution >= 4 is 40.4 Å². The lowest BCUT2D eigenvalue weighted by Crippen LogP contribution is -2.20. The van der Waals surface area contributed by atoms with Crippen molar-refractivity contribution in [3.8, 4) is 5.75 Å². The molecule has 3 rings (SSSR count). The van der Waals surface area contributed by atoms with Crippen molar-refractivity contribution in [1.29, 1.82) is 0 Å². The monoisotopic (exact) mass is 286 g/mol. The van der Waals surface area contributed by atoms with Gasteiger partial charge in [0, 0.05) is 16.2 Å². The van der Waals surface area contributed by atoms with Crippen LogP contribution in [0, 0.1) is 0 Å². The molecule has 0 aromatic heterocycles. The Kier molecular flexibility index (Phi) is 2.48. The van der Waals surface area contributed by atoms with Gasteiger partial charge in [-0.2, -0.15) is 0 Å². The van der Waals surface area contributed by atoms with Gasteiger partial charge in [0.2, 0.25) is 0 Å². The fourth-order valence-electron chi connectivity index (χ4n) is 2.19. The van der Waals surface area contributed by atoms with Gasteiger partial charge in [-0.3, -0.25) is 0 Å². The normalized spacial score (nSPS) is 29.4. The molecule has 0 N–H and O–H groups in total. The Balaban J connectivity index is 2.20. The zero-order valence-corrected chi connectivity index (χ0v) is 11.3. The van der Waals surface area contributed by atoms with E-state index in [1.807, 2.05) is 25.2 Å². The Labute approximate surface area is 115 Å². The SMILES string of the molecule is CC1(Cl)C=CC2Oc3cc(Cl)cc(Cl)c3C2=C1. The van der Waals surface area contributed by atoms with Crippen LogP contribution in [0.4, 0.5) is 0 Å². The summed E-state index contributed by atoms with van der Waals surface area (Å²) in [6, 6.07) is 3.50. The minimum Gasteiger partial charge on any atom is -0.481 e. The summed E-state index contributed by atoms with van der Waals surface area (Å²) in [6.07, 6.45) is 5.74. The van der Waals surface area contributed by atoms with Gasteiger partial charge in [0.25, 0.3) is 0 Å². The third-order valence-electron chi connectivity index (χ3n) is 2.90. The molecule has 1 aliphatic heterocycles. The number of hydrogen-bond donors (Lipinski definition) is 0. The summed E-state index contributed by atoms with van der Waals surface area (Å²) >= 11 is 18.5. The molecule has 2 atom stereocenters. The molecule has 1 aromatic rings. The maximum absolute atomic E-state index is 6.30. The van der Waals surface area contributed by atoms with Gasteiger partial charge in [0.05, 0.1) is 9.90 Å². The second-order valence-corrected chi connectivity index (χ2v) is 6.07. The first-order chi connectivity index (χ1) is 7.96. The first-order valence-corrected chi connectivity index (χ1v) is 6.37. The number of hydrogen-bond acceptors (Lipinski definition) is 1. The van der Waals surface area contributed by atoms with Crippen LogP contribution in [0.3, 0.4) is 0 Å². The number of rotatable bonds is 0. The molecule has 1 aliphatic carbocycles. The predicted octanol–water partition coefficient (Wildman–Crippen LogP) is 4.71. The van der Waals surface area contributed by atoms with Gasteiger partial charge < -0.3 is 4.74 Å². The third-order valence-corrected chi connectivity index (χ3v) is 3.65. The lowest BCUT2D eigenvalue weighted by molar-refractivity contribution is 0.321. The van der Waals surface area contributed by atoms with E-state index < -0.39 is 4.87 Å². The smallest absolute Gasteiger partial charge is 0.143 e. The Bertz CT molecular complexity index is 558. The largest absolute Gasteiger partial charge is 0.481 e. The van der Waals surface area contributed by atoms with E-state index in [-0.39, 0.29) is 6.10 Å². The van der Waals surface area contributed by atoms with Crippen LogP contribution in [-0.4, -0.2) is 11.0 Å². The van der Waals surface area contributed by atoms with Crippen LogP contribution in [-0.2, 0) is 0 Å². The first kappa shape index (κ1) is 11.5. The fourth-order valence-corrected chi connectivity index (χ4v) is 2.96. The highest BCUT2D eigenvalue weighted by Gasteiger charge is 2.34. The van der Waals surface area contributed by atoms with Crippen molar-refractivity contribution < 1.29 is 4.74 Å². The maximum Gasteiger partial charge on any atom is 0.143 e. The van der Waals surface area contributed by atoms with Crippen LogP contribution in [0.15, 0.2) is 30.4 Å². The molecule has 0 bridgehead atoms. The molecule has 0 spiro atoms. The molecular formula is C13H9Cl3O. The van der Waals surface area contributed by atoms with E-state index in [4.69, 9.17) is 39.5 Å². The van der Waals surface area contributed by atoms with Crippen LogP contribution >= 0.6 is 34.8 Å². The molecule has 2 aliphatic rings. The topological polar surface area (TPSA) is 9.23 Å². The lowest BCUT2D eigenvalue weighted by Gasteiger charge is -2.21. The molecule has 1 heterocycles. The van der Waals surface area contributed by atoms with E-state index in [1.54, 1.807) is 12.1 Å². The second kappa shape index (κ2) is 3.68. The maximum atomic E-state index is 6.30. The van der Waals surface area contributed by atoms with Crippen molar-refractivity contribution in [2.24, 2.45) is 0 Å². The van der Waals surface area contributed by atoms with Gasteiger partial charge in [-0.1, -0.05) is 35.4 Å². The quantitative estimate of drug-likeness (QED) is 0.496. The molecule has 88 valence electrons. The van der Waals surface area contributed by atoms with Crippen molar-refractivity contribution in [3.63, 3.8) is 0 Å². The van der Waals surface area contributed by atoms with Crippen LogP contribution in [0.5, 0.6) is 5.75 Å². The number of halogens is 3. The molecule has 0 saturated carbocycles. The van der Waals surface area contributed by atoms with Gasteiger partial charge in [-0.25, -0.2) is 0 Å². The summed E-state index contributed by atoms with van der Waals surface area (Å²) in [7, 11) is 0. The van der Waals surface area contributed by atoms with Gasteiger partial charge in [0.15, 0.2) is 0 Å². The van der Waals surface area contributed by atoms with Crippen molar-refractivity contribution in [1.82, 2.24) is 0 Å². The Morgan fingerprint density at radius 3 is 2.82 bits per heavy atom. The summed E-state index contributed by atoms with van der Waals surface area (Å²) in [6.45, 7) is 1.93. The van der Waals surface area contributed by atoms with E-state index in [0.717, 1.165) is 16.9 Å². The summed E-state index contributed by atoms with van der Waals surface area (Å²) in [4.78, 5) is -0.486. The highest BCUT2D eigenvalue weighted by molar-refractivity contribution is 6.36. The van der Waals surface area contributed by atoms with E-state index in [9.17, 15) is 0 Å². The molecule has 1 aromatic carbocycles. The van der Waals surface area contributed by atoms with E-state index in [2.05, 4.69) is 0 Å². The minimum absolute atomic E-state index is 0.104. The van der Waals surface area contributed by atoms with E-state index in [1.165, 1.54) is 0 Å². The number of ether oxygens (including phenoxy) is 1. The molecular weight excluding hydrogens is 279 g/mol. The highest BCUT2D eigenvalue weighted by Crippen LogP contribution is 2.47. The average Bonchev–Trinajstić information content (AvgIpc) is 2.53. The van der Waals surface area contributed by atoms with Gasteiger partial charge >= 0.3 is 0 Å². The highest BCUT2D eigenvalue weighted by atomic mass is 35.5. The predicted molar refractivity (Wildman–Crippen MR) is 72.3 cm³/mol. The molecule has 17 heavy (non-hydrogen) atoms. The number of allylic oxidation sites excluding steroid dienone is 2. The standard InChI is InChI=1S/C13H9Cl3O/c1-13(16)3-2-10-8(6-13)12-9(15)4-7(14)5-11(12)17-10/h2-6,10H,1H3. The van der Waals surface area contributed by atoms with E-state index >= 15 is 0 Å². The molecule has 0 amide bonds. The van der Waals surface area contributed by atoms with Crippen LogP contribution in [0.1, 0.15) is 12.5 Å². The second-order valence-electron chi connectivity index (χ2n) is 4.41. The van der Waals surface area contributed by atoms with Crippen LogP contribution in [0.25, 0.3) is 5.57 Å². The van der Waals surface area contributed by atoms with Gasteiger partial charge in [-0.15, -0.1) is 11.6 Å². The molecule has 0 radical (unpaired) electrons. The zero-order chi connectivity index (χ0) is 12.2. The summed E-state index contributed by atoms with van der Waals surface area (Å²) < 4.78 is 5.78. The molecule has 1 nitrogen and oxygen atoms in total. The van der Waals surface area contributed by atoms with Gasteiger partial charge in [0.1, 0.15) is 11.9 Å². The Morgan fingerprint density at radius 2 is 2.06 bits per heavy atom. The van der Waals surface area contributed by atoms with Crippen LogP contribution in [0.2, 0.25) is 10.0 Å². The van der Waals surface area contributed by atoms with Crippen molar-refractivity contribution in [2.75, 3.05) is 0 Å². The summed E-state index contributed by atoms with van der Waals surface area (Å²) in [5.74, 6) is 0.720. The number of fused-ring (bicyclic) bond motifs is 3. The molecule has 4 heteroatoms. The first-order valence-electron chi connectivity index (χ1n) is 5.23. The minimum atomic E-state index is -0.486.